The molecule has 1 N–H and O–H groups in total. The molecule has 156 valence electrons. The zero-order chi connectivity index (χ0) is 21.1. The van der Waals surface area contributed by atoms with Gasteiger partial charge < -0.3 is 14.7 Å². The van der Waals surface area contributed by atoms with Gasteiger partial charge in [-0.3, -0.25) is 4.79 Å². The summed E-state index contributed by atoms with van der Waals surface area (Å²) in [7, 11) is 0. The number of amides is 1. The summed E-state index contributed by atoms with van der Waals surface area (Å²) in [6.07, 6.45) is -2.74. The van der Waals surface area contributed by atoms with Crippen LogP contribution in [0.1, 0.15) is 20.3 Å². The molecular weight excluding hydrogens is 404 g/mol. The van der Waals surface area contributed by atoms with Crippen molar-refractivity contribution in [3.05, 3.63) is 24.1 Å². The van der Waals surface area contributed by atoms with Gasteiger partial charge in [0.1, 0.15) is 6.10 Å². The molecule has 6 nitrogen and oxygen atoms in total. The number of thioether (sulfide) groups is 1. The second-order valence-corrected chi connectivity index (χ2v) is 8.37. The lowest BCUT2D eigenvalue weighted by molar-refractivity contribution is -0.192. The SMILES string of the molecule is CC(C)C(=O)N1CC2(CC(Oc3ncccc3F)CS2)C1.O=C(O)C(F)(F)F. The van der Waals surface area contributed by atoms with E-state index in [0.717, 1.165) is 25.3 Å². The Morgan fingerprint density at radius 2 is 2.00 bits per heavy atom. The van der Waals surface area contributed by atoms with E-state index < -0.39 is 18.0 Å². The van der Waals surface area contributed by atoms with Crippen LogP contribution in [-0.2, 0) is 9.59 Å². The number of carbonyl (C=O) groups excluding carboxylic acids is 1. The highest BCUT2D eigenvalue weighted by atomic mass is 32.2. The van der Waals surface area contributed by atoms with Gasteiger partial charge >= 0.3 is 12.1 Å². The van der Waals surface area contributed by atoms with Crippen LogP contribution in [0.2, 0.25) is 0 Å². The van der Waals surface area contributed by atoms with Crippen LogP contribution < -0.4 is 4.74 Å². The summed E-state index contributed by atoms with van der Waals surface area (Å²) in [6, 6.07) is 2.90. The Balaban J connectivity index is 0.000000345. The van der Waals surface area contributed by atoms with E-state index in [1.54, 1.807) is 6.07 Å². The fourth-order valence-corrected chi connectivity index (χ4v) is 4.41. The summed E-state index contributed by atoms with van der Waals surface area (Å²) in [4.78, 5) is 26.6. The molecule has 0 aromatic carbocycles. The number of hydrogen-bond acceptors (Lipinski definition) is 5. The monoisotopic (exact) mass is 424 g/mol. The average Bonchev–Trinajstić information content (AvgIpc) is 2.99. The Morgan fingerprint density at radius 3 is 2.50 bits per heavy atom. The smallest absolute Gasteiger partial charge is 0.475 e. The number of ether oxygens (including phenoxy) is 1. The molecule has 0 saturated carbocycles. The van der Waals surface area contributed by atoms with Crippen LogP contribution in [-0.4, -0.2) is 62.7 Å². The fourth-order valence-electron chi connectivity index (χ4n) is 2.88. The number of carboxylic acids is 1. The zero-order valence-electron chi connectivity index (χ0n) is 15.2. The average molecular weight is 424 g/mol. The number of hydrogen-bond donors (Lipinski definition) is 1. The molecule has 2 aliphatic rings. The number of pyridine rings is 1. The van der Waals surface area contributed by atoms with Gasteiger partial charge in [-0.1, -0.05) is 13.8 Å². The third-order valence-corrected chi connectivity index (χ3v) is 5.76. The maximum Gasteiger partial charge on any atom is 0.490 e. The van der Waals surface area contributed by atoms with Crippen molar-refractivity contribution < 1.29 is 37.0 Å². The molecule has 1 amide bonds. The first kappa shape index (κ1) is 22.3. The van der Waals surface area contributed by atoms with E-state index in [9.17, 15) is 22.4 Å². The van der Waals surface area contributed by atoms with Gasteiger partial charge in [0.2, 0.25) is 5.91 Å². The number of carboxylic acid groups (broad SMARTS) is 1. The largest absolute Gasteiger partial charge is 0.490 e. The molecule has 0 bridgehead atoms. The minimum Gasteiger partial charge on any atom is -0.475 e. The molecule has 1 spiro atoms. The molecule has 28 heavy (non-hydrogen) atoms. The highest BCUT2D eigenvalue weighted by molar-refractivity contribution is 8.01. The van der Waals surface area contributed by atoms with Crippen molar-refractivity contribution in [3.63, 3.8) is 0 Å². The van der Waals surface area contributed by atoms with E-state index >= 15 is 0 Å². The summed E-state index contributed by atoms with van der Waals surface area (Å²) in [5.74, 6) is -2.03. The van der Waals surface area contributed by atoms with E-state index in [2.05, 4.69) is 4.98 Å². The summed E-state index contributed by atoms with van der Waals surface area (Å²) in [5, 5.41) is 7.12. The number of alkyl halides is 3. The predicted octanol–water partition coefficient (Wildman–Crippen LogP) is 2.98. The van der Waals surface area contributed by atoms with Crippen molar-refractivity contribution in [1.29, 1.82) is 0 Å². The van der Waals surface area contributed by atoms with Crippen molar-refractivity contribution in [2.45, 2.75) is 37.3 Å². The van der Waals surface area contributed by atoms with Gasteiger partial charge in [0.25, 0.3) is 5.88 Å². The molecule has 0 aliphatic carbocycles. The maximum absolute atomic E-state index is 13.5. The van der Waals surface area contributed by atoms with Gasteiger partial charge in [-0.2, -0.15) is 13.2 Å². The Hall–Kier alpha value is -2.04. The van der Waals surface area contributed by atoms with Gasteiger partial charge in [-0.25, -0.2) is 14.2 Å². The number of rotatable bonds is 3. The third-order valence-electron chi connectivity index (χ3n) is 4.18. The van der Waals surface area contributed by atoms with Crippen LogP contribution in [0.4, 0.5) is 17.6 Å². The maximum atomic E-state index is 13.5. The zero-order valence-corrected chi connectivity index (χ0v) is 16.0. The van der Waals surface area contributed by atoms with Gasteiger partial charge in [0, 0.05) is 37.4 Å². The Bertz CT molecular complexity index is 723. The predicted molar refractivity (Wildman–Crippen MR) is 93.5 cm³/mol. The molecule has 1 atom stereocenters. The first-order valence-corrected chi connectivity index (χ1v) is 9.42. The van der Waals surface area contributed by atoms with Crippen LogP contribution in [0.5, 0.6) is 5.88 Å². The van der Waals surface area contributed by atoms with E-state index in [1.807, 2.05) is 30.5 Å². The van der Waals surface area contributed by atoms with Crippen molar-refractivity contribution in [2.75, 3.05) is 18.8 Å². The lowest BCUT2D eigenvalue weighted by Gasteiger charge is -2.48. The normalized spacial score (nSPS) is 20.4. The van der Waals surface area contributed by atoms with Crippen LogP contribution in [0, 0.1) is 11.7 Å². The Morgan fingerprint density at radius 1 is 1.39 bits per heavy atom. The van der Waals surface area contributed by atoms with Gasteiger partial charge in [0.15, 0.2) is 5.82 Å². The van der Waals surface area contributed by atoms with E-state index in [-0.39, 0.29) is 28.6 Å². The Kier molecular flexibility index (Phi) is 6.79. The van der Waals surface area contributed by atoms with Gasteiger partial charge in [-0.05, 0) is 12.1 Å². The summed E-state index contributed by atoms with van der Waals surface area (Å²) in [5.41, 5.74) is 0. The quantitative estimate of drug-likeness (QED) is 0.752. The van der Waals surface area contributed by atoms with Crippen molar-refractivity contribution in [1.82, 2.24) is 9.88 Å². The van der Waals surface area contributed by atoms with Gasteiger partial charge in [0.05, 0.1) is 4.75 Å². The molecule has 1 aromatic rings. The third kappa shape index (κ3) is 5.49. The van der Waals surface area contributed by atoms with E-state index in [1.165, 1.54) is 12.3 Å². The number of likely N-dealkylation sites (tertiary alicyclic amines) is 1. The lowest BCUT2D eigenvalue weighted by Crippen LogP contribution is -2.61. The first-order chi connectivity index (χ1) is 12.9. The van der Waals surface area contributed by atoms with Crippen LogP contribution in [0.3, 0.4) is 0 Å². The molecule has 1 aromatic heterocycles. The molecule has 2 fully saturated rings. The number of aromatic nitrogens is 1. The van der Waals surface area contributed by atoms with Crippen molar-refractivity contribution >= 4 is 23.6 Å². The summed E-state index contributed by atoms with van der Waals surface area (Å²) < 4.78 is 51.0. The van der Waals surface area contributed by atoms with Crippen LogP contribution in [0.15, 0.2) is 18.3 Å². The molecule has 3 heterocycles. The highest BCUT2D eigenvalue weighted by Gasteiger charge is 2.51. The number of carbonyl (C=O) groups is 2. The lowest BCUT2D eigenvalue weighted by atomic mass is 9.92. The second-order valence-electron chi connectivity index (χ2n) is 6.88. The first-order valence-electron chi connectivity index (χ1n) is 8.43. The van der Waals surface area contributed by atoms with Gasteiger partial charge in [-0.15, -0.1) is 11.8 Å². The van der Waals surface area contributed by atoms with Crippen molar-refractivity contribution in [2.24, 2.45) is 5.92 Å². The second kappa shape index (κ2) is 8.54. The van der Waals surface area contributed by atoms with Crippen LogP contribution in [0.25, 0.3) is 0 Å². The van der Waals surface area contributed by atoms with Crippen LogP contribution >= 0.6 is 11.8 Å². The molecule has 2 aliphatic heterocycles. The minimum atomic E-state index is -5.08. The molecule has 0 radical (unpaired) electrons. The summed E-state index contributed by atoms with van der Waals surface area (Å²) in [6.45, 7) is 5.40. The topological polar surface area (TPSA) is 79.7 Å². The van der Waals surface area contributed by atoms with E-state index in [0.29, 0.717) is 0 Å². The van der Waals surface area contributed by atoms with E-state index in [4.69, 9.17) is 14.6 Å². The Labute approximate surface area is 163 Å². The molecule has 1 unspecified atom stereocenters. The molecule has 2 saturated heterocycles. The molecule has 3 rings (SSSR count). The standard InChI is InChI=1S/C15H19FN2O2S.C2HF3O2/c1-10(2)14(19)18-8-15(9-18)6-11(7-21-15)20-13-12(16)4-3-5-17-13;3-2(4,5)1(6)7/h3-5,10-11H,6-9H2,1-2H3;(H,6,7). The van der Waals surface area contributed by atoms with Crippen molar-refractivity contribution in [3.8, 4) is 5.88 Å². The molecule has 11 heteroatoms. The highest BCUT2D eigenvalue weighted by Crippen LogP contribution is 2.46. The number of nitrogens with zero attached hydrogens (tertiary/aromatic N) is 2. The number of aliphatic carboxylic acids is 1. The molecular formula is C17H20F4N2O4S. The summed E-state index contributed by atoms with van der Waals surface area (Å²) >= 11 is 1.83. The minimum absolute atomic E-state index is 0.0318. The fraction of sp³-hybridized carbons (Fsp3) is 0.588. The number of halogens is 4.